The van der Waals surface area contributed by atoms with E-state index in [1.807, 2.05) is 0 Å². The zero-order valence-electron chi connectivity index (χ0n) is 6.55. The third kappa shape index (κ3) is 1.07. The summed E-state index contributed by atoms with van der Waals surface area (Å²) in [5.41, 5.74) is 1.07. The average molecular weight is 221 g/mol. The van der Waals surface area contributed by atoms with E-state index >= 15 is 0 Å². The molecule has 0 aromatic carbocycles. The van der Waals surface area contributed by atoms with Gasteiger partial charge in [0.05, 0.1) is 0 Å². The van der Waals surface area contributed by atoms with E-state index in [1.54, 1.807) is 18.7 Å². The molecule has 0 N–H and O–H groups in total. The van der Waals surface area contributed by atoms with Crippen LogP contribution in [0.1, 0.15) is 26.2 Å². The van der Waals surface area contributed by atoms with Crippen LogP contribution in [0.15, 0.2) is 0 Å². The number of fused-ring (bicyclic) bond motifs is 2. The van der Waals surface area contributed by atoms with Crippen LogP contribution in [0.4, 0.5) is 0 Å². The molecule has 0 nitrogen and oxygen atoms in total. The van der Waals surface area contributed by atoms with E-state index in [9.17, 15) is 0 Å². The van der Waals surface area contributed by atoms with E-state index in [2.05, 4.69) is 22.5 Å². The first-order chi connectivity index (χ1) is 4.71. The maximum absolute atomic E-state index is 3.54. The van der Waals surface area contributed by atoms with Crippen LogP contribution >= 0.6 is 5.95 Å². The Kier molecular flexibility index (Phi) is 1.88. The molecule has 10 heavy (non-hydrogen) atoms. The summed E-state index contributed by atoms with van der Waals surface area (Å²) in [4.78, 5) is 0. The molecule has 2 aliphatic rings. The van der Waals surface area contributed by atoms with Crippen LogP contribution in [-0.4, -0.2) is 33.6 Å². The normalized spacial score (nSPS) is 53.4. The Labute approximate surface area is 71.9 Å². The number of hydrogen-bond donors (Lipinski definition) is 0. The van der Waals surface area contributed by atoms with Crippen LogP contribution in [0.25, 0.3) is 0 Å². The molecule has 3 atom stereocenters. The summed E-state index contributed by atoms with van der Waals surface area (Å²) in [7, 11) is 0. The second-order valence-corrected chi connectivity index (χ2v) is 12.1. The van der Waals surface area contributed by atoms with Crippen molar-refractivity contribution in [3.63, 3.8) is 0 Å². The van der Waals surface area contributed by atoms with Crippen molar-refractivity contribution in [1.82, 2.24) is 0 Å². The van der Waals surface area contributed by atoms with Gasteiger partial charge in [-0.15, -0.1) is 0 Å². The summed E-state index contributed by atoms with van der Waals surface area (Å²) in [5, 5.41) is 0. The van der Waals surface area contributed by atoms with Gasteiger partial charge in [0, 0.05) is 0 Å². The molecule has 2 heteroatoms. The Morgan fingerprint density at radius 3 is 2.90 bits per heavy atom. The fourth-order valence-electron chi connectivity index (χ4n) is 2.53. The molecule has 0 aromatic rings. The van der Waals surface area contributed by atoms with Crippen molar-refractivity contribution >= 4 is 21.5 Å². The summed E-state index contributed by atoms with van der Waals surface area (Å²) >= 11 is 3.54. The Balaban J connectivity index is 2.18. The van der Waals surface area contributed by atoms with Gasteiger partial charge in [-0.25, -0.2) is 0 Å². The van der Waals surface area contributed by atoms with Gasteiger partial charge in [0.1, 0.15) is 0 Å². The molecule has 58 valence electrons. The Morgan fingerprint density at radius 2 is 2.30 bits per heavy atom. The average Bonchev–Trinajstić information content (AvgIpc) is 2.04. The monoisotopic (exact) mass is 222 g/mol. The van der Waals surface area contributed by atoms with E-state index in [-0.39, 0.29) is 0 Å². The summed E-state index contributed by atoms with van der Waals surface area (Å²) in [5.74, 6) is 0.637. The maximum atomic E-state index is 3.54. The zero-order chi connectivity index (χ0) is 7.19. The van der Waals surface area contributed by atoms with Gasteiger partial charge in [-0.3, -0.25) is 0 Å². The van der Waals surface area contributed by atoms with E-state index in [4.69, 9.17) is 0 Å². The third-order valence-electron chi connectivity index (χ3n) is 3.19. The molecule has 2 saturated heterocycles. The molecule has 0 amide bonds. The standard InChI is InChI=1S/C8H15PSe/c1-7-5-8-3-2-4-9(7,10)6-8/h7-8H,2-6H2,1H3/t7-,8+,9?/m0/s1. The second-order valence-electron chi connectivity index (χ2n) is 3.95. The van der Waals surface area contributed by atoms with Crippen LogP contribution in [-0.2, 0) is 0 Å². The Hall–Kier alpha value is 0.949. The summed E-state index contributed by atoms with van der Waals surface area (Å²) < 4.78 is 0. The fraction of sp³-hybridized carbons (Fsp3) is 1.00. The molecule has 0 saturated carbocycles. The van der Waals surface area contributed by atoms with E-state index in [1.165, 1.54) is 12.8 Å². The fourth-order valence-corrected chi connectivity index (χ4v) is 8.80. The summed E-state index contributed by atoms with van der Waals surface area (Å²) in [6, 6.07) is 0. The van der Waals surface area contributed by atoms with Crippen LogP contribution < -0.4 is 0 Å². The predicted molar refractivity (Wildman–Crippen MR) is 49.2 cm³/mol. The molecule has 1 unspecified atom stereocenters. The van der Waals surface area contributed by atoms with Gasteiger partial charge in [0.2, 0.25) is 0 Å². The molecule has 0 spiro atoms. The topological polar surface area (TPSA) is 0 Å². The first kappa shape index (κ1) is 7.59. The van der Waals surface area contributed by atoms with Crippen LogP contribution in [0, 0.1) is 5.92 Å². The van der Waals surface area contributed by atoms with E-state index in [0.29, 0.717) is 0 Å². The molecular weight excluding hydrogens is 206 g/mol. The molecule has 2 bridgehead atoms. The van der Waals surface area contributed by atoms with Gasteiger partial charge in [-0.2, -0.15) is 0 Å². The first-order valence-corrected chi connectivity index (χ1v) is 8.73. The number of rotatable bonds is 0. The molecule has 0 aliphatic carbocycles. The Morgan fingerprint density at radius 1 is 1.50 bits per heavy atom. The second kappa shape index (κ2) is 2.47. The predicted octanol–water partition coefficient (Wildman–Crippen LogP) is 2.29. The van der Waals surface area contributed by atoms with E-state index in [0.717, 1.165) is 11.6 Å². The molecule has 0 radical (unpaired) electrons. The molecule has 0 aromatic heterocycles. The van der Waals surface area contributed by atoms with Gasteiger partial charge < -0.3 is 0 Å². The van der Waals surface area contributed by atoms with Gasteiger partial charge in [-0.1, -0.05) is 0 Å². The van der Waals surface area contributed by atoms with Crippen molar-refractivity contribution < 1.29 is 0 Å². The minimum atomic E-state index is -0.486. The molecule has 2 aliphatic heterocycles. The van der Waals surface area contributed by atoms with Gasteiger partial charge in [0.25, 0.3) is 0 Å². The Bertz CT molecular complexity index is 148. The van der Waals surface area contributed by atoms with Crippen LogP contribution in [0.2, 0.25) is 0 Å². The molecular formula is C8H15PSe. The first-order valence-electron chi connectivity index (χ1n) is 4.28. The molecule has 2 fully saturated rings. The van der Waals surface area contributed by atoms with E-state index < -0.39 is 5.95 Å². The summed E-state index contributed by atoms with van der Waals surface area (Å²) in [6.07, 6.45) is 7.75. The van der Waals surface area contributed by atoms with Crippen molar-refractivity contribution in [3.8, 4) is 0 Å². The number of hydrogen-bond acceptors (Lipinski definition) is 0. The van der Waals surface area contributed by atoms with Crippen molar-refractivity contribution in [2.75, 3.05) is 12.3 Å². The van der Waals surface area contributed by atoms with Crippen molar-refractivity contribution in [2.45, 2.75) is 31.8 Å². The van der Waals surface area contributed by atoms with Crippen molar-refractivity contribution in [1.29, 1.82) is 0 Å². The SMILES string of the molecule is C[C@H]1C[C@H]2CCC[P+]1([Se-])C2. The van der Waals surface area contributed by atoms with Crippen molar-refractivity contribution in [3.05, 3.63) is 0 Å². The molecule has 2 rings (SSSR count). The van der Waals surface area contributed by atoms with Crippen LogP contribution in [0.3, 0.4) is 0 Å². The van der Waals surface area contributed by atoms with Crippen LogP contribution in [0.5, 0.6) is 0 Å². The minimum absolute atomic E-state index is 0.486. The quantitative estimate of drug-likeness (QED) is 0.435. The molecule has 2 heterocycles. The van der Waals surface area contributed by atoms with Gasteiger partial charge >= 0.3 is 71.6 Å². The zero-order valence-corrected chi connectivity index (χ0v) is 9.15. The van der Waals surface area contributed by atoms with Gasteiger partial charge in [-0.05, 0) is 0 Å². The third-order valence-corrected chi connectivity index (χ3v) is 11.6. The van der Waals surface area contributed by atoms with Gasteiger partial charge in [0.15, 0.2) is 0 Å². The van der Waals surface area contributed by atoms with Crippen molar-refractivity contribution in [2.24, 2.45) is 5.92 Å². The summed E-state index contributed by atoms with van der Waals surface area (Å²) in [6.45, 7) is 2.47.